The highest BCUT2D eigenvalue weighted by Crippen LogP contribution is 2.01. The van der Waals surface area contributed by atoms with E-state index in [1.807, 2.05) is 6.08 Å². The van der Waals surface area contributed by atoms with Crippen LogP contribution >= 0.6 is 12.4 Å². The molecule has 1 atom stereocenters. The Kier molecular flexibility index (Phi) is 12.2. The van der Waals surface area contributed by atoms with Crippen molar-refractivity contribution in [3.8, 4) is 0 Å². The highest BCUT2D eigenvalue weighted by molar-refractivity contribution is 5.85. The van der Waals surface area contributed by atoms with E-state index in [0.29, 0.717) is 13.0 Å². The van der Waals surface area contributed by atoms with Crippen LogP contribution in [0.5, 0.6) is 0 Å². The van der Waals surface area contributed by atoms with E-state index in [9.17, 15) is 4.79 Å². The number of allylic oxidation sites excluding steroid dienone is 1. The predicted octanol–water partition coefficient (Wildman–Crippen LogP) is 1.20. The molecule has 0 radical (unpaired) electrons. The molecule has 96 valence electrons. The van der Waals surface area contributed by atoms with Gasteiger partial charge in [-0.15, -0.1) is 19.0 Å². The second-order valence-electron chi connectivity index (χ2n) is 3.54. The van der Waals surface area contributed by atoms with Crippen LogP contribution in [0.1, 0.15) is 19.3 Å². The first kappa shape index (κ1) is 17.8. The number of nitrogens with two attached hydrogens (primary N) is 1. The molecular formula is C11H23ClN2O2. The zero-order chi connectivity index (χ0) is 11.7. The van der Waals surface area contributed by atoms with Crippen LogP contribution in [-0.4, -0.2) is 44.2 Å². The summed E-state index contributed by atoms with van der Waals surface area (Å²) in [5.74, 6) is 0.0800. The third kappa shape index (κ3) is 7.68. The average molecular weight is 251 g/mol. The average Bonchev–Trinajstić information content (AvgIpc) is 2.25. The molecule has 0 aliphatic heterocycles. The minimum atomic E-state index is -0.167. The van der Waals surface area contributed by atoms with E-state index in [1.54, 1.807) is 19.1 Å². The van der Waals surface area contributed by atoms with E-state index in [0.717, 1.165) is 19.4 Å². The number of ether oxygens (including phenoxy) is 1. The maximum atomic E-state index is 11.6. The summed E-state index contributed by atoms with van der Waals surface area (Å²) in [5.41, 5.74) is 5.44. The molecule has 2 N–H and O–H groups in total. The molecule has 0 spiro atoms. The molecule has 0 saturated heterocycles. The summed E-state index contributed by atoms with van der Waals surface area (Å²) in [6, 6.07) is 0. The molecule has 0 rings (SSSR count). The molecule has 0 aromatic heterocycles. The van der Waals surface area contributed by atoms with Crippen molar-refractivity contribution in [1.29, 1.82) is 0 Å². The first-order valence-electron chi connectivity index (χ1n) is 5.23. The fourth-order valence-corrected chi connectivity index (χ4v) is 1.21. The largest absolute Gasteiger partial charge is 0.380 e. The second kappa shape index (κ2) is 10.9. The van der Waals surface area contributed by atoms with Crippen LogP contribution in [0.15, 0.2) is 12.7 Å². The summed E-state index contributed by atoms with van der Waals surface area (Å²) in [7, 11) is 3.37. The number of carbonyl (C=O) groups excluding carboxylic acids is 1. The molecule has 0 fully saturated rings. The van der Waals surface area contributed by atoms with Gasteiger partial charge >= 0.3 is 0 Å². The Morgan fingerprint density at radius 2 is 2.25 bits per heavy atom. The molecule has 0 saturated carbocycles. The lowest BCUT2D eigenvalue weighted by Gasteiger charge is -2.19. The van der Waals surface area contributed by atoms with Gasteiger partial charge in [0.1, 0.15) is 0 Å². The van der Waals surface area contributed by atoms with Gasteiger partial charge in [0.05, 0.1) is 12.5 Å². The van der Waals surface area contributed by atoms with Crippen molar-refractivity contribution in [2.24, 2.45) is 5.73 Å². The van der Waals surface area contributed by atoms with Crippen LogP contribution in [0.2, 0.25) is 0 Å². The van der Waals surface area contributed by atoms with Gasteiger partial charge in [-0.25, -0.2) is 0 Å². The number of unbranched alkanes of at least 4 members (excludes halogenated alkanes) is 1. The minimum absolute atomic E-state index is 0. The van der Waals surface area contributed by atoms with Crippen LogP contribution in [-0.2, 0) is 9.53 Å². The van der Waals surface area contributed by atoms with E-state index >= 15 is 0 Å². The smallest absolute Gasteiger partial charge is 0.224 e. The van der Waals surface area contributed by atoms with Crippen molar-refractivity contribution in [3.05, 3.63) is 12.7 Å². The van der Waals surface area contributed by atoms with Gasteiger partial charge in [0.25, 0.3) is 0 Å². The van der Waals surface area contributed by atoms with E-state index in [1.165, 1.54) is 0 Å². The molecule has 1 amide bonds. The molecule has 5 heteroatoms. The Morgan fingerprint density at radius 3 is 2.69 bits per heavy atom. The number of hydrogen-bond donors (Lipinski definition) is 1. The second-order valence-corrected chi connectivity index (χ2v) is 3.54. The number of amides is 1. The third-order valence-corrected chi connectivity index (χ3v) is 2.33. The number of hydrogen-bond acceptors (Lipinski definition) is 3. The molecule has 16 heavy (non-hydrogen) atoms. The van der Waals surface area contributed by atoms with Crippen molar-refractivity contribution >= 4 is 18.3 Å². The highest BCUT2D eigenvalue weighted by Gasteiger charge is 2.14. The monoisotopic (exact) mass is 250 g/mol. The van der Waals surface area contributed by atoms with E-state index in [-0.39, 0.29) is 24.4 Å². The predicted molar refractivity (Wildman–Crippen MR) is 68.8 cm³/mol. The third-order valence-electron chi connectivity index (χ3n) is 2.33. The van der Waals surface area contributed by atoms with Gasteiger partial charge in [0.15, 0.2) is 0 Å². The zero-order valence-corrected chi connectivity index (χ0v) is 11.0. The number of methoxy groups -OCH3 is 1. The van der Waals surface area contributed by atoms with Gasteiger partial charge in [-0.2, -0.15) is 0 Å². The van der Waals surface area contributed by atoms with Gasteiger partial charge in [-0.1, -0.05) is 6.08 Å². The van der Waals surface area contributed by atoms with Crippen molar-refractivity contribution in [3.63, 3.8) is 0 Å². The molecule has 0 bridgehead atoms. The van der Waals surface area contributed by atoms with Crippen molar-refractivity contribution in [2.45, 2.75) is 25.4 Å². The van der Waals surface area contributed by atoms with Gasteiger partial charge in [-0.3, -0.25) is 4.79 Å². The summed E-state index contributed by atoms with van der Waals surface area (Å²) < 4.78 is 5.06. The van der Waals surface area contributed by atoms with Crippen molar-refractivity contribution < 1.29 is 9.53 Å². The van der Waals surface area contributed by atoms with Crippen LogP contribution in [0, 0.1) is 0 Å². The van der Waals surface area contributed by atoms with E-state index < -0.39 is 0 Å². The van der Waals surface area contributed by atoms with E-state index in [4.69, 9.17) is 10.5 Å². The number of rotatable bonds is 8. The fourth-order valence-electron chi connectivity index (χ4n) is 1.21. The Morgan fingerprint density at radius 1 is 1.62 bits per heavy atom. The Hall–Kier alpha value is -0.580. The lowest BCUT2D eigenvalue weighted by atomic mass is 10.2. The normalized spacial score (nSPS) is 11.4. The summed E-state index contributed by atoms with van der Waals surface area (Å²) in [6.07, 6.45) is 3.93. The molecule has 1 unspecified atom stereocenters. The van der Waals surface area contributed by atoms with Gasteiger partial charge < -0.3 is 15.4 Å². The van der Waals surface area contributed by atoms with Crippen LogP contribution in [0.3, 0.4) is 0 Å². The van der Waals surface area contributed by atoms with Crippen LogP contribution in [0.25, 0.3) is 0 Å². The summed E-state index contributed by atoms with van der Waals surface area (Å²) in [4.78, 5) is 13.3. The molecule has 4 nitrogen and oxygen atoms in total. The summed E-state index contributed by atoms with van der Waals surface area (Å²) in [5, 5.41) is 0. The lowest BCUT2D eigenvalue weighted by Crippen LogP contribution is -2.34. The number of halogens is 1. The molecule has 0 aromatic rings. The van der Waals surface area contributed by atoms with Crippen molar-refractivity contribution in [2.75, 3.05) is 27.2 Å². The number of carbonyl (C=O) groups is 1. The molecule has 0 heterocycles. The minimum Gasteiger partial charge on any atom is -0.380 e. The lowest BCUT2D eigenvalue weighted by molar-refractivity contribution is -0.132. The van der Waals surface area contributed by atoms with Gasteiger partial charge in [0, 0.05) is 27.2 Å². The Balaban J connectivity index is 0. The van der Waals surface area contributed by atoms with Crippen LogP contribution in [0.4, 0.5) is 0 Å². The SMILES string of the molecule is C=CCCCN(C)C(=O)CC(CN)OC.Cl. The standard InChI is InChI=1S/C11H22N2O2.ClH/c1-4-5-6-7-13(2)11(14)8-10(9-12)15-3;/h4,10H,1,5-9,12H2,2-3H3;1H. The molecule has 0 aromatic carbocycles. The highest BCUT2D eigenvalue weighted by atomic mass is 35.5. The fraction of sp³-hybridized carbons (Fsp3) is 0.727. The molecule has 0 aliphatic carbocycles. The Labute approximate surface area is 104 Å². The van der Waals surface area contributed by atoms with Crippen LogP contribution < -0.4 is 5.73 Å². The van der Waals surface area contributed by atoms with E-state index in [2.05, 4.69) is 6.58 Å². The van der Waals surface area contributed by atoms with Gasteiger partial charge in [0.2, 0.25) is 5.91 Å². The Bertz CT molecular complexity index is 196. The zero-order valence-electron chi connectivity index (χ0n) is 10.1. The topological polar surface area (TPSA) is 55.6 Å². The summed E-state index contributed by atoms with van der Waals surface area (Å²) >= 11 is 0. The molecule has 0 aliphatic rings. The maximum absolute atomic E-state index is 11.6. The molecular weight excluding hydrogens is 228 g/mol. The quantitative estimate of drug-likeness (QED) is 0.520. The maximum Gasteiger partial charge on any atom is 0.224 e. The van der Waals surface area contributed by atoms with Crippen molar-refractivity contribution in [1.82, 2.24) is 4.90 Å². The van der Waals surface area contributed by atoms with Gasteiger partial charge in [-0.05, 0) is 12.8 Å². The summed E-state index contributed by atoms with van der Waals surface area (Å²) in [6.45, 7) is 4.77. The first-order valence-corrected chi connectivity index (χ1v) is 5.23. The first-order chi connectivity index (χ1) is 7.15. The number of nitrogens with zero attached hydrogens (tertiary/aromatic N) is 1.